The van der Waals surface area contributed by atoms with E-state index in [1.54, 1.807) is 30.3 Å². The maximum Gasteiger partial charge on any atom is 0.448 e. The molecule has 2 rings (SSSR count). The fraction of sp³-hybridized carbons (Fsp3) is 0.312. The smallest absolute Gasteiger partial charge is 0.448 e. The molecule has 0 aliphatic heterocycles. The molecule has 1 aliphatic rings. The number of rotatable bonds is 5. The van der Waals surface area contributed by atoms with E-state index in [-0.39, 0.29) is 29.6 Å². The highest BCUT2D eigenvalue weighted by atomic mass is 31.2. The molecule has 6 nitrogen and oxygen atoms in total. The second-order valence-corrected chi connectivity index (χ2v) is 6.66. The molecule has 23 heavy (non-hydrogen) atoms. The number of hydrogen-bond donors (Lipinski definition) is 4. The van der Waals surface area contributed by atoms with Crippen LogP contribution in [0.1, 0.15) is 37.7 Å². The molecular weight excluding hydrogens is 317 g/mol. The first-order valence-corrected chi connectivity index (χ1v) is 8.89. The molecule has 0 fully saturated rings. The van der Waals surface area contributed by atoms with Gasteiger partial charge in [-0.1, -0.05) is 25.1 Å². The van der Waals surface area contributed by atoms with E-state index in [0.717, 1.165) is 12.0 Å². The summed E-state index contributed by atoms with van der Waals surface area (Å²) in [6.07, 6.45) is 4.60. The Morgan fingerprint density at radius 2 is 1.87 bits per heavy atom. The molecule has 1 aliphatic carbocycles. The van der Waals surface area contributed by atoms with Crippen LogP contribution in [0, 0.1) is 0 Å². The van der Waals surface area contributed by atoms with Gasteiger partial charge in [0, 0.05) is 12.0 Å². The molecule has 0 saturated heterocycles. The van der Waals surface area contributed by atoms with Crippen LogP contribution in [0.2, 0.25) is 0 Å². The zero-order valence-corrected chi connectivity index (χ0v) is 13.6. The number of aliphatic hydroxyl groups is 1. The first-order chi connectivity index (χ1) is 10.8. The Morgan fingerprint density at radius 1 is 1.22 bits per heavy atom. The lowest BCUT2D eigenvalue weighted by Crippen LogP contribution is -2.12. The van der Waals surface area contributed by atoms with Crippen LogP contribution in [0.5, 0.6) is 5.75 Å². The molecule has 0 heterocycles. The zero-order valence-electron chi connectivity index (χ0n) is 12.8. The number of aromatic hydroxyl groups is 1. The van der Waals surface area contributed by atoms with Crippen LogP contribution >= 0.6 is 7.75 Å². The van der Waals surface area contributed by atoms with E-state index >= 15 is 0 Å². The predicted molar refractivity (Wildman–Crippen MR) is 88.6 cm³/mol. The number of nitrogens with zero attached hydrogens (tertiary/aromatic N) is 1. The fourth-order valence-corrected chi connectivity index (χ4v) is 3.14. The van der Waals surface area contributed by atoms with E-state index in [1.165, 1.54) is 6.08 Å². The van der Waals surface area contributed by atoms with Crippen LogP contribution < -0.4 is 0 Å². The first kappa shape index (κ1) is 17.5. The molecule has 4 N–H and O–H groups in total. The van der Waals surface area contributed by atoms with E-state index < -0.39 is 7.75 Å². The topological polar surface area (TPSA) is 110 Å². The molecular formula is C16H20NO5P. The van der Waals surface area contributed by atoms with Crippen molar-refractivity contribution in [3.8, 4) is 5.75 Å². The van der Waals surface area contributed by atoms with Crippen LogP contribution in [-0.4, -0.2) is 25.7 Å². The SMILES string of the molecule is CCC(CC1=C(O)C=CCC1=NP(=O)(O)O)c1ccc(O)cc1. The average Bonchev–Trinajstić information content (AvgIpc) is 2.47. The summed E-state index contributed by atoms with van der Waals surface area (Å²) in [6, 6.07) is 6.80. The number of phenols is 1. The maximum atomic E-state index is 11.2. The Morgan fingerprint density at radius 3 is 2.43 bits per heavy atom. The minimum atomic E-state index is -4.55. The number of benzene rings is 1. The van der Waals surface area contributed by atoms with Crippen molar-refractivity contribution in [2.45, 2.75) is 32.1 Å². The summed E-state index contributed by atoms with van der Waals surface area (Å²) in [5.74, 6) is 0.205. The summed E-state index contributed by atoms with van der Waals surface area (Å²) in [4.78, 5) is 18.2. The first-order valence-electron chi connectivity index (χ1n) is 7.32. The van der Waals surface area contributed by atoms with Crippen molar-refractivity contribution in [1.29, 1.82) is 0 Å². The van der Waals surface area contributed by atoms with Crippen molar-refractivity contribution >= 4 is 13.5 Å². The molecule has 1 aromatic rings. The van der Waals surface area contributed by atoms with Crippen LogP contribution in [0.3, 0.4) is 0 Å². The van der Waals surface area contributed by atoms with Gasteiger partial charge in [0.25, 0.3) is 0 Å². The molecule has 0 amide bonds. The van der Waals surface area contributed by atoms with Crippen molar-refractivity contribution in [3.05, 3.63) is 53.3 Å². The van der Waals surface area contributed by atoms with E-state index in [4.69, 9.17) is 9.79 Å². The largest absolute Gasteiger partial charge is 0.508 e. The van der Waals surface area contributed by atoms with Crippen molar-refractivity contribution in [2.24, 2.45) is 4.76 Å². The monoisotopic (exact) mass is 337 g/mol. The second-order valence-electron chi connectivity index (χ2n) is 5.43. The Bertz CT molecular complexity index is 700. The van der Waals surface area contributed by atoms with Gasteiger partial charge in [0.05, 0.1) is 5.71 Å². The van der Waals surface area contributed by atoms with Crippen molar-refractivity contribution in [1.82, 2.24) is 0 Å². The highest BCUT2D eigenvalue weighted by molar-refractivity contribution is 7.50. The predicted octanol–water partition coefficient (Wildman–Crippen LogP) is 3.58. The summed E-state index contributed by atoms with van der Waals surface area (Å²) in [5.41, 5.74) is 1.65. The van der Waals surface area contributed by atoms with Gasteiger partial charge < -0.3 is 20.0 Å². The van der Waals surface area contributed by atoms with Gasteiger partial charge in [-0.2, -0.15) is 4.76 Å². The Balaban J connectivity index is 2.33. The fourth-order valence-electron chi connectivity index (χ4n) is 2.63. The highest BCUT2D eigenvalue weighted by Crippen LogP contribution is 2.40. The van der Waals surface area contributed by atoms with Gasteiger partial charge in [-0.15, -0.1) is 0 Å². The van der Waals surface area contributed by atoms with Crippen LogP contribution in [0.25, 0.3) is 0 Å². The number of allylic oxidation sites excluding steroid dienone is 3. The third-order valence-corrected chi connectivity index (χ3v) is 4.31. The minimum Gasteiger partial charge on any atom is -0.508 e. The molecule has 0 bridgehead atoms. The minimum absolute atomic E-state index is 0.0133. The van der Waals surface area contributed by atoms with Crippen molar-refractivity contribution in [2.75, 3.05) is 0 Å². The second kappa shape index (κ2) is 7.13. The third-order valence-electron chi connectivity index (χ3n) is 3.80. The van der Waals surface area contributed by atoms with Gasteiger partial charge >= 0.3 is 7.75 Å². The maximum absolute atomic E-state index is 11.2. The summed E-state index contributed by atoms with van der Waals surface area (Å²) in [7, 11) is -4.55. The van der Waals surface area contributed by atoms with Gasteiger partial charge in [-0.25, -0.2) is 4.57 Å². The average molecular weight is 337 g/mol. The summed E-state index contributed by atoms with van der Waals surface area (Å²) < 4.78 is 14.6. The lowest BCUT2D eigenvalue weighted by Gasteiger charge is -2.21. The highest BCUT2D eigenvalue weighted by Gasteiger charge is 2.23. The van der Waals surface area contributed by atoms with E-state index in [1.807, 2.05) is 6.92 Å². The normalized spacial score (nSPS) is 18.5. The van der Waals surface area contributed by atoms with Gasteiger partial charge in [0.2, 0.25) is 0 Å². The van der Waals surface area contributed by atoms with Crippen LogP contribution in [0.15, 0.2) is 52.5 Å². The lowest BCUT2D eigenvalue weighted by atomic mass is 9.86. The van der Waals surface area contributed by atoms with Crippen molar-refractivity contribution in [3.63, 3.8) is 0 Å². The Labute approximate surface area is 134 Å². The Kier molecular flexibility index (Phi) is 5.42. The Hall–Kier alpha value is -1.88. The van der Waals surface area contributed by atoms with Crippen LogP contribution in [-0.2, 0) is 4.57 Å². The summed E-state index contributed by atoms with van der Waals surface area (Å²) >= 11 is 0. The molecule has 124 valence electrons. The molecule has 1 atom stereocenters. The molecule has 1 unspecified atom stereocenters. The molecule has 0 aromatic heterocycles. The number of aliphatic hydroxyl groups excluding tert-OH is 1. The summed E-state index contributed by atoms with van der Waals surface area (Å²) in [5, 5.41) is 19.5. The molecule has 1 aromatic carbocycles. The lowest BCUT2D eigenvalue weighted by molar-refractivity contribution is 0.375. The van der Waals surface area contributed by atoms with Gasteiger partial charge in [0.1, 0.15) is 11.5 Å². The van der Waals surface area contributed by atoms with Gasteiger partial charge in [-0.3, -0.25) is 0 Å². The van der Waals surface area contributed by atoms with Gasteiger partial charge in [-0.05, 0) is 42.5 Å². The molecule has 0 spiro atoms. The molecule has 0 radical (unpaired) electrons. The van der Waals surface area contributed by atoms with Crippen LogP contribution in [0.4, 0.5) is 0 Å². The van der Waals surface area contributed by atoms with E-state index in [0.29, 0.717) is 12.0 Å². The third kappa shape index (κ3) is 4.79. The quantitative estimate of drug-likeness (QED) is 0.614. The standard InChI is InChI=1S/C16H20NO5P/c1-2-11(12-6-8-13(18)9-7-12)10-14-15(17-23(20,21)22)4-3-5-16(14)19/h3,5-9,11,18-19H,2,4,10H2,1H3,(H2,20,21,22). The zero-order chi connectivity index (χ0) is 17.0. The van der Waals surface area contributed by atoms with Crippen molar-refractivity contribution < 1.29 is 24.6 Å². The van der Waals surface area contributed by atoms with E-state index in [9.17, 15) is 14.8 Å². The number of hydrogen-bond acceptors (Lipinski definition) is 3. The molecule has 7 heteroatoms. The van der Waals surface area contributed by atoms with Gasteiger partial charge in [0.15, 0.2) is 0 Å². The van der Waals surface area contributed by atoms with E-state index in [2.05, 4.69) is 4.76 Å². The summed E-state index contributed by atoms with van der Waals surface area (Å²) in [6.45, 7) is 1.99. The molecule has 0 saturated carbocycles. The number of phenolic OH excluding ortho intramolecular Hbond substituents is 1.